The molecule has 5 aromatic carbocycles. The molecule has 115 heavy (non-hydrogen) atoms. The van der Waals surface area contributed by atoms with Crippen molar-refractivity contribution in [3.63, 3.8) is 0 Å². The fourth-order valence-corrected chi connectivity index (χ4v) is 9.07. The second-order valence-corrected chi connectivity index (χ2v) is 43.0. The number of rotatable bonds is 21. The van der Waals surface area contributed by atoms with Crippen LogP contribution in [0.4, 0.5) is 10.6 Å². The number of halogens is 6. The normalized spacial score (nSPS) is 9.77. The van der Waals surface area contributed by atoms with Gasteiger partial charge in [0.2, 0.25) is 5.56 Å². The number of pyridine rings is 3. The molecular formula is C76H84BBiBr3Cl3N6O25. The zero-order chi connectivity index (χ0) is 86.4. The van der Waals surface area contributed by atoms with Crippen LogP contribution < -0.4 is 71.4 Å². The number of aromatic nitrogens is 5. The van der Waals surface area contributed by atoms with Gasteiger partial charge < -0.3 is 87.7 Å². The molecule has 0 saturated carbocycles. The van der Waals surface area contributed by atoms with E-state index in [1.165, 1.54) is 77.8 Å². The number of esters is 2. The van der Waals surface area contributed by atoms with Crippen LogP contribution in [0.3, 0.4) is 0 Å². The molecule has 10 aromatic rings. The van der Waals surface area contributed by atoms with Gasteiger partial charge in [-0.2, -0.15) is 0 Å². The third-order valence-corrected chi connectivity index (χ3v) is 14.1. The van der Waals surface area contributed by atoms with E-state index in [1.807, 2.05) is 6.07 Å². The van der Waals surface area contributed by atoms with E-state index < -0.39 is 47.4 Å². The molecule has 0 spiro atoms. The molecule has 5 aromatic heterocycles. The number of Topliss-reactive ketones (excluding diaryl/α,β-unsaturated/α-hetero) is 3. The van der Waals surface area contributed by atoms with Crippen LogP contribution in [0.25, 0.3) is 33.8 Å². The first-order valence-electron chi connectivity index (χ1n) is 33.4. The van der Waals surface area contributed by atoms with Gasteiger partial charge in [-0.05, 0) is 144 Å². The number of benzene rings is 5. The molecule has 0 aliphatic rings. The Morgan fingerprint density at radius 1 is 0.417 bits per heavy atom. The summed E-state index contributed by atoms with van der Waals surface area (Å²) >= 11 is 7.14. The molecule has 0 bridgehead atoms. The maximum atomic E-state index is 12.2. The first kappa shape index (κ1) is 101. The van der Waals surface area contributed by atoms with Gasteiger partial charge in [-0.25, -0.2) is 13.6 Å². The van der Waals surface area contributed by atoms with Crippen LogP contribution in [0, 0.1) is 0 Å². The monoisotopic (exact) mass is 2040 g/mol. The van der Waals surface area contributed by atoms with E-state index in [4.69, 9.17) is 78.6 Å². The van der Waals surface area contributed by atoms with E-state index in [1.54, 1.807) is 165 Å². The Morgan fingerprint density at radius 3 is 1.08 bits per heavy atom. The number of hydrogen-bond donors (Lipinski definition) is 6. The number of nitrogens with two attached hydrogens (primary N) is 1. The van der Waals surface area contributed by atoms with Crippen LogP contribution >= 0.6 is 72.8 Å². The van der Waals surface area contributed by atoms with E-state index in [9.17, 15) is 63.0 Å². The molecule has 0 radical (unpaired) electrons. The number of aromatic amines is 3. The summed E-state index contributed by atoms with van der Waals surface area (Å²) in [5, 5.41) is 18.8. The Hall–Kier alpha value is -10.4. The number of H-pyrrole nitrogens is 3. The SMILES string of the molecule is BrB(Br)Br.CCOC(=O)CC(=O)c1ccc(OC)c(OC)c1.CCOC(=O)CC(=O)c1ccc(OC)c(OC)c1.CCOC(=O)OCC.COc1ccc(-c2cc(=O)n3c(=O)cccc3[nH]2)cc1OC.COc1ccc(C(C)=O)cc1OC.Nc1cccc(=O)[nH]1.O=c1cccc2[nH]c(-c3ccc(O)c(O)c3)cc(=O)n12.[Cl][Bi]([Cl])[Cl]. The quantitative estimate of drug-likeness (QED) is 0.00971. The number of hydrogen-bond acceptors (Lipinski definition) is 26. The third kappa shape index (κ3) is 35.9. The Balaban J connectivity index is 0.000000457. The maximum absolute atomic E-state index is 12.2. The van der Waals surface area contributed by atoms with Crippen molar-refractivity contribution in [2.75, 3.05) is 89.0 Å². The number of carbonyl (C=O) groups excluding carboxylic acids is 6. The zero-order valence-corrected chi connectivity index (χ0v) is 74.8. The minimum absolute atomic E-state index is 0.0148. The summed E-state index contributed by atoms with van der Waals surface area (Å²) in [5.41, 5.74) is 7.92. The number of nitrogens with zero attached hydrogens (tertiary/aromatic N) is 2. The van der Waals surface area contributed by atoms with E-state index in [-0.39, 0.29) is 74.8 Å². The molecule has 0 atom stereocenters. The number of phenolic OH excluding ortho intramolecular Hbond substituents is 2. The predicted molar refractivity (Wildman–Crippen MR) is 452 cm³/mol. The molecule has 10 rings (SSSR count). The summed E-state index contributed by atoms with van der Waals surface area (Å²) in [5.74, 6) is 2.55. The van der Waals surface area contributed by atoms with Gasteiger partial charge in [-0.1, -0.05) is 18.2 Å². The van der Waals surface area contributed by atoms with Crippen LogP contribution in [-0.2, 0) is 28.5 Å². The number of methoxy groups -OCH3 is 8. The summed E-state index contributed by atoms with van der Waals surface area (Å²) in [6, 6.07) is 40.5. The number of anilines is 1. The molecular weight excluding hydrogens is 1960 g/mol. The molecule has 39 heteroatoms. The summed E-state index contributed by atoms with van der Waals surface area (Å²) in [6.45, 7) is 9.64. The number of fused-ring (bicyclic) bond motifs is 2. The second-order valence-electron chi connectivity index (χ2n) is 21.6. The number of carbonyl (C=O) groups is 6. The van der Waals surface area contributed by atoms with E-state index in [0.29, 0.717) is 110 Å². The predicted octanol–water partition coefficient (Wildman–Crippen LogP) is 13.3. The van der Waals surface area contributed by atoms with Gasteiger partial charge in [0.05, 0.1) is 94.7 Å². The third-order valence-electron chi connectivity index (χ3n) is 14.1. The Morgan fingerprint density at radius 2 is 0.748 bits per heavy atom. The summed E-state index contributed by atoms with van der Waals surface area (Å²) in [7, 11) is 27.2. The molecule has 7 N–H and O–H groups in total. The van der Waals surface area contributed by atoms with Gasteiger partial charge in [0.15, 0.2) is 74.8 Å². The van der Waals surface area contributed by atoms with Crippen molar-refractivity contribution >= 4 is 147 Å². The van der Waals surface area contributed by atoms with Gasteiger partial charge in [-0.3, -0.25) is 47.9 Å². The Labute approximate surface area is 703 Å². The van der Waals surface area contributed by atoms with Crippen molar-refractivity contribution in [1.82, 2.24) is 23.8 Å². The van der Waals surface area contributed by atoms with E-state index >= 15 is 0 Å². The number of nitrogen functional groups attached to an aromatic ring is 1. The first-order valence-corrected chi connectivity index (χ1v) is 49.0. The molecule has 5 heterocycles. The van der Waals surface area contributed by atoms with Crippen LogP contribution in [0.2, 0.25) is 0 Å². The van der Waals surface area contributed by atoms with Gasteiger partial charge in [-0.15, -0.1) is 47.3 Å². The van der Waals surface area contributed by atoms with Gasteiger partial charge in [0.25, 0.3) is 22.2 Å². The Kier molecular flexibility index (Phi) is 47.7. The number of aromatic hydroxyl groups is 2. The van der Waals surface area contributed by atoms with Crippen molar-refractivity contribution in [2.45, 2.75) is 47.5 Å². The molecule has 0 aliphatic heterocycles. The molecule has 618 valence electrons. The average Bonchev–Trinajstić information content (AvgIpc) is 0.791. The van der Waals surface area contributed by atoms with Gasteiger partial charge in [0.1, 0.15) is 30.0 Å². The van der Waals surface area contributed by atoms with E-state index in [0.717, 1.165) is 14.4 Å². The fraction of sp³-hybridized carbons (Fsp3) is 0.250. The number of nitrogens with one attached hydrogen (secondary N) is 3. The van der Waals surface area contributed by atoms with Crippen LogP contribution in [0.15, 0.2) is 182 Å². The van der Waals surface area contributed by atoms with Crippen LogP contribution in [-0.4, -0.2) is 174 Å². The average molecular weight is 2050 g/mol. The summed E-state index contributed by atoms with van der Waals surface area (Å²) < 4.78 is 61.5. The van der Waals surface area contributed by atoms with Crippen LogP contribution in [0.1, 0.15) is 78.5 Å². The molecule has 0 fully saturated rings. The molecule has 0 saturated heterocycles. The fourth-order valence-electron chi connectivity index (χ4n) is 9.07. The van der Waals surface area contributed by atoms with Crippen molar-refractivity contribution < 1.29 is 95.8 Å². The molecule has 0 unspecified atom stereocenters. The molecule has 31 nitrogen and oxygen atoms in total. The summed E-state index contributed by atoms with van der Waals surface area (Å²) in [6.07, 6.45) is -1.14. The first-order chi connectivity index (χ1) is 54.7. The van der Waals surface area contributed by atoms with Crippen molar-refractivity contribution in [3.8, 4) is 80.0 Å². The van der Waals surface area contributed by atoms with Crippen molar-refractivity contribution in [1.29, 1.82) is 0 Å². The second kappa shape index (κ2) is 54.4. The van der Waals surface area contributed by atoms with E-state index in [2.05, 4.69) is 71.7 Å². The topological polar surface area (TPSA) is 421 Å². The zero-order valence-electron chi connectivity index (χ0n) is 64.3. The number of ketones is 3. The summed E-state index contributed by atoms with van der Waals surface area (Å²) in [4.78, 5) is 133. The van der Waals surface area contributed by atoms with Gasteiger partial charge >= 0.3 is 65.0 Å². The van der Waals surface area contributed by atoms with Crippen LogP contribution in [0.5, 0.6) is 57.5 Å². The molecule has 0 aliphatic carbocycles. The number of ether oxygens (including phenoxy) is 12. The number of phenols is 2. The van der Waals surface area contributed by atoms with Crippen molar-refractivity contribution in [2.24, 2.45) is 0 Å². The van der Waals surface area contributed by atoms with Crippen molar-refractivity contribution in [3.05, 3.63) is 226 Å². The van der Waals surface area contributed by atoms with Gasteiger partial charge in [0, 0.05) is 58.1 Å². The standard InChI is InChI=1S/C16H14N2O4.C14H10N2O4.2C13H16O5.C10H12O3.C5H6N2O.C5H10O3.BBr3.Bi.3ClH/c1-21-12-7-6-10(8-13(12)22-2)11-9-16(20)18-14(17-11)4-3-5-15(18)19;17-10-5-4-8(6-11(10)18)9-7-14(20)16-12(15-9)2-1-3-13(16)19;2*1-4-18-13(15)8-10(14)9-5-6-11(16-2)12(7-9)17-3;1-7(11)8-4-5-9(12-2)10(6-8)13-3;6-4-2-1-3-5(8)7-4;1-3-7-5(6)8-4-2;2-1(3)4;;;;/h3-9,17H,1-2H3;1-7,15,17-18H;2*5-7H,4,8H2,1-3H3;4-6H,1-3H3;1-3H,(H3,6,7,8);3-4H2,1-2H3;;;3*1H/q;;;;;;;;+3;;;/p-3. The Bertz CT molecular complexity index is 5050. The molecule has 0 amide bonds. The minimum atomic E-state index is -2.18.